The van der Waals surface area contributed by atoms with E-state index in [0.717, 1.165) is 34.0 Å². The molecule has 0 amide bonds. The highest BCUT2D eigenvalue weighted by atomic mass is 35.5. The zero-order chi connectivity index (χ0) is 19.9. The molecule has 4 aromatic rings. The number of nitrogens with zero attached hydrogens (tertiary/aromatic N) is 2. The van der Waals surface area contributed by atoms with Crippen molar-refractivity contribution in [3.05, 3.63) is 77.4 Å². The second-order valence-corrected chi connectivity index (χ2v) is 9.12. The van der Waals surface area contributed by atoms with E-state index in [4.69, 9.17) is 16.6 Å². The highest BCUT2D eigenvalue weighted by Crippen LogP contribution is 2.32. The normalized spacial score (nSPS) is 11.7. The number of nitrogens with one attached hydrogen (secondary N) is 1. The molecular weight excluding hydrogens is 394 g/mol. The molecule has 4 rings (SSSR count). The van der Waals surface area contributed by atoms with E-state index < -0.39 is 9.84 Å². The fourth-order valence-corrected chi connectivity index (χ4v) is 3.75. The molecule has 0 aliphatic heterocycles. The lowest BCUT2D eigenvalue weighted by atomic mass is 10.1. The lowest BCUT2D eigenvalue weighted by Gasteiger charge is -2.09. The number of hydrogen-bond donors (Lipinski definition) is 1. The molecule has 0 radical (unpaired) electrons. The Bertz CT molecular complexity index is 1260. The maximum absolute atomic E-state index is 11.8. The van der Waals surface area contributed by atoms with Gasteiger partial charge >= 0.3 is 0 Å². The van der Waals surface area contributed by atoms with Crippen molar-refractivity contribution in [3.8, 4) is 11.3 Å². The topological polar surface area (TPSA) is 63.5 Å². The first-order valence-corrected chi connectivity index (χ1v) is 10.9. The quantitative estimate of drug-likeness (QED) is 0.506. The monoisotopic (exact) mass is 411 g/mol. The number of pyridine rings is 1. The summed E-state index contributed by atoms with van der Waals surface area (Å²) in [4.78, 5) is 5.05. The number of anilines is 2. The first-order chi connectivity index (χ1) is 13.3. The van der Waals surface area contributed by atoms with Gasteiger partial charge in [0.25, 0.3) is 0 Å². The minimum atomic E-state index is -3.25. The third-order valence-electron chi connectivity index (χ3n) is 4.44. The van der Waals surface area contributed by atoms with Gasteiger partial charge in [0.2, 0.25) is 0 Å². The van der Waals surface area contributed by atoms with Gasteiger partial charge < -0.3 is 5.32 Å². The number of sulfone groups is 1. The van der Waals surface area contributed by atoms with Gasteiger partial charge in [-0.2, -0.15) is 0 Å². The third kappa shape index (κ3) is 3.61. The molecule has 142 valence electrons. The number of halogens is 1. The van der Waals surface area contributed by atoms with E-state index in [-0.39, 0.29) is 4.90 Å². The third-order valence-corrected chi connectivity index (χ3v) is 5.82. The second-order valence-electron chi connectivity index (χ2n) is 6.67. The number of benzene rings is 2. The van der Waals surface area contributed by atoms with E-state index in [2.05, 4.69) is 5.32 Å². The Kier molecular flexibility index (Phi) is 4.61. The maximum atomic E-state index is 11.8. The first-order valence-electron chi connectivity index (χ1n) is 8.63. The standard InChI is InChI=1S/C21H18ClN3O2S/c1-14-11-12-25-19(13-14)24-20(15-3-9-18(10-4-15)28(2,26)27)21(25)23-17-7-5-16(22)6-8-17/h3-13,23H,1-2H3. The van der Waals surface area contributed by atoms with Gasteiger partial charge in [-0.1, -0.05) is 23.7 Å². The number of fused-ring (bicyclic) bond motifs is 1. The molecule has 0 spiro atoms. The summed E-state index contributed by atoms with van der Waals surface area (Å²) in [6, 6.07) is 18.2. The molecule has 2 heterocycles. The molecule has 0 saturated heterocycles. The molecule has 0 unspecified atom stereocenters. The summed E-state index contributed by atoms with van der Waals surface area (Å²) in [6.45, 7) is 2.02. The molecule has 0 bridgehead atoms. The Morgan fingerprint density at radius 1 is 1.00 bits per heavy atom. The molecule has 1 N–H and O–H groups in total. The zero-order valence-corrected chi connectivity index (χ0v) is 16.9. The van der Waals surface area contributed by atoms with Crippen LogP contribution in [-0.4, -0.2) is 24.1 Å². The average Bonchev–Trinajstić information content (AvgIpc) is 3.00. The van der Waals surface area contributed by atoms with Gasteiger partial charge in [0.05, 0.1) is 4.90 Å². The van der Waals surface area contributed by atoms with Crippen molar-refractivity contribution in [2.75, 3.05) is 11.6 Å². The SMILES string of the molecule is Cc1ccn2c(Nc3ccc(Cl)cc3)c(-c3ccc(S(C)(=O)=O)cc3)nc2c1. The second kappa shape index (κ2) is 6.96. The molecule has 0 saturated carbocycles. The van der Waals surface area contributed by atoms with Crippen molar-refractivity contribution in [1.29, 1.82) is 0 Å². The van der Waals surface area contributed by atoms with Crippen molar-refractivity contribution >= 4 is 38.6 Å². The average molecular weight is 412 g/mol. The highest BCUT2D eigenvalue weighted by molar-refractivity contribution is 7.90. The lowest BCUT2D eigenvalue weighted by molar-refractivity contribution is 0.602. The number of aryl methyl sites for hydroxylation is 1. The molecule has 5 nitrogen and oxygen atoms in total. The van der Waals surface area contributed by atoms with Crippen molar-refractivity contribution in [3.63, 3.8) is 0 Å². The summed E-state index contributed by atoms with van der Waals surface area (Å²) in [6.07, 6.45) is 3.16. The van der Waals surface area contributed by atoms with Crippen LogP contribution in [0.1, 0.15) is 5.56 Å². The largest absolute Gasteiger partial charge is 0.339 e. The van der Waals surface area contributed by atoms with E-state index in [0.29, 0.717) is 5.02 Å². The predicted molar refractivity (Wildman–Crippen MR) is 113 cm³/mol. The van der Waals surface area contributed by atoms with Crippen LogP contribution in [0.25, 0.3) is 16.9 Å². The van der Waals surface area contributed by atoms with E-state index in [1.54, 1.807) is 24.3 Å². The highest BCUT2D eigenvalue weighted by Gasteiger charge is 2.16. The van der Waals surface area contributed by atoms with Crippen LogP contribution in [0.4, 0.5) is 11.5 Å². The minimum Gasteiger partial charge on any atom is -0.339 e. The zero-order valence-electron chi connectivity index (χ0n) is 15.3. The van der Waals surface area contributed by atoms with E-state index >= 15 is 0 Å². The Morgan fingerprint density at radius 2 is 1.68 bits per heavy atom. The summed E-state index contributed by atoms with van der Waals surface area (Å²) < 4.78 is 25.5. The van der Waals surface area contributed by atoms with Gasteiger partial charge in [0, 0.05) is 28.7 Å². The molecule has 7 heteroatoms. The fourth-order valence-electron chi connectivity index (χ4n) is 3.00. The van der Waals surface area contributed by atoms with Crippen LogP contribution < -0.4 is 5.32 Å². The Morgan fingerprint density at radius 3 is 2.32 bits per heavy atom. The van der Waals surface area contributed by atoms with Gasteiger partial charge in [0.15, 0.2) is 9.84 Å². The van der Waals surface area contributed by atoms with Crippen molar-refractivity contribution in [2.24, 2.45) is 0 Å². The molecule has 0 aliphatic rings. The van der Waals surface area contributed by atoms with E-state index in [1.165, 1.54) is 6.26 Å². The van der Waals surface area contributed by atoms with Crippen molar-refractivity contribution < 1.29 is 8.42 Å². The number of rotatable bonds is 4. The van der Waals surface area contributed by atoms with Gasteiger partial charge in [-0.15, -0.1) is 0 Å². The fraction of sp³-hybridized carbons (Fsp3) is 0.0952. The molecule has 28 heavy (non-hydrogen) atoms. The van der Waals surface area contributed by atoms with Gasteiger partial charge in [0.1, 0.15) is 17.2 Å². The van der Waals surface area contributed by atoms with Gasteiger partial charge in [-0.3, -0.25) is 4.40 Å². The van der Waals surface area contributed by atoms with Crippen LogP contribution in [0.5, 0.6) is 0 Å². The molecule has 0 aliphatic carbocycles. The summed E-state index contributed by atoms with van der Waals surface area (Å²) in [5.41, 5.74) is 4.35. The van der Waals surface area contributed by atoms with Crippen LogP contribution in [0.2, 0.25) is 5.02 Å². The number of hydrogen-bond acceptors (Lipinski definition) is 4. The predicted octanol–water partition coefficient (Wildman–Crippen LogP) is 5.11. The maximum Gasteiger partial charge on any atom is 0.175 e. The van der Waals surface area contributed by atoms with Crippen molar-refractivity contribution in [1.82, 2.24) is 9.38 Å². The van der Waals surface area contributed by atoms with Crippen molar-refractivity contribution in [2.45, 2.75) is 11.8 Å². The van der Waals surface area contributed by atoms with E-state index in [9.17, 15) is 8.42 Å². The summed E-state index contributed by atoms with van der Waals surface area (Å²) in [5.74, 6) is 0.796. The summed E-state index contributed by atoms with van der Waals surface area (Å²) in [5, 5.41) is 4.07. The van der Waals surface area contributed by atoms with Crippen LogP contribution in [-0.2, 0) is 9.84 Å². The van der Waals surface area contributed by atoms with Gasteiger partial charge in [-0.05, 0) is 61.0 Å². The van der Waals surface area contributed by atoms with Crippen LogP contribution in [0.15, 0.2) is 71.8 Å². The molecule has 0 atom stereocenters. The molecule has 2 aromatic heterocycles. The molecular formula is C21H18ClN3O2S. The Hall–Kier alpha value is -2.83. The Labute approximate surface area is 168 Å². The van der Waals surface area contributed by atoms with Gasteiger partial charge in [-0.25, -0.2) is 13.4 Å². The number of aromatic nitrogens is 2. The molecule has 0 fully saturated rings. The first kappa shape index (κ1) is 18.5. The van der Waals surface area contributed by atoms with Crippen LogP contribution in [0, 0.1) is 6.92 Å². The van der Waals surface area contributed by atoms with E-state index in [1.807, 2.05) is 53.9 Å². The lowest BCUT2D eigenvalue weighted by Crippen LogP contribution is -1.98. The van der Waals surface area contributed by atoms with Crippen LogP contribution in [0.3, 0.4) is 0 Å². The molecule has 2 aromatic carbocycles. The summed E-state index contributed by atoms with van der Waals surface area (Å²) in [7, 11) is -3.25. The number of imidazole rings is 1. The Balaban J connectivity index is 1.86. The smallest absolute Gasteiger partial charge is 0.175 e. The minimum absolute atomic E-state index is 0.281. The van der Waals surface area contributed by atoms with Crippen LogP contribution >= 0.6 is 11.6 Å². The summed E-state index contributed by atoms with van der Waals surface area (Å²) >= 11 is 5.99.